The van der Waals surface area contributed by atoms with Gasteiger partial charge in [0.2, 0.25) is 8.32 Å². The zero-order chi connectivity index (χ0) is 19.5. The van der Waals surface area contributed by atoms with Crippen LogP contribution in [0.4, 0.5) is 0 Å². The van der Waals surface area contributed by atoms with Crippen LogP contribution in [-0.4, -0.2) is 41.2 Å². The molecule has 1 aromatic rings. The first kappa shape index (κ1) is 21.6. The fraction of sp³-hybridized carbons (Fsp3) is 0.700. The summed E-state index contributed by atoms with van der Waals surface area (Å²) >= 11 is 0. The molecule has 6 heteroatoms. The molecule has 0 radical (unpaired) electrons. The molecule has 1 saturated heterocycles. The Morgan fingerprint density at radius 2 is 1.58 bits per heavy atom. The monoisotopic (exact) mass is 397 g/mol. The van der Waals surface area contributed by atoms with E-state index in [-0.39, 0.29) is 17.9 Å². The van der Waals surface area contributed by atoms with Gasteiger partial charge in [-0.3, -0.25) is 0 Å². The molecule has 1 aromatic carbocycles. The predicted molar refractivity (Wildman–Crippen MR) is 111 cm³/mol. The molecule has 26 heavy (non-hydrogen) atoms. The third-order valence-corrected chi connectivity index (χ3v) is 13.8. The van der Waals surface area contributed by atoms with Crippen molar-refractivity contribution < 1.29 is 12.8 Å². The summed E-state index contributed by atoms with van der Waals surface area (Å²) in [5.41, 5.74) is 1.48. The van der Waals surface area contributed by atoms with E-state index in [0.717, 1.165) is 13.0 Å². The van der Waals surface area contributed by atoms with Crippen molar-refractivity contribution in [2.45, 2.75) is 81.6 Å². The molecule has 0 saturated carbocycles. The lowest BCUT2D eigenvalue weighted by Gasteiger charge is -2.45. The molecule has 0 aliphatic carbocycles. The van der Waals surface area contributed by atoms with Gasteiger partial charge in [0.05, 0.1) is 16.8 Å². The van der Waals surface area contributed by atoms with Crippen molar-refractivity contribution >= 4 is 18.2 Å². The zero-order valence-electron chi connectivity index (χ0n) is 17.0. The van der Waals surface area contributed by atoms with Gasteiger partial charge in [-0.2, -0.15) is 0 Å². The normalized spacial score (nSPS) is 21.9. The molecule has 0 spiro atoms. The minimum absolute atomic E-state index is 0.0210. The van der Waals surface area contributed by atoms with E-state index in [1.165, 1.54) is 0 Å². The fourth-order valence-electron chi connectivity index (χ4n) is 4.68. The number of hydrogen-bond acceptors (Lipinski definition) is 4. The van der Waals surface area contributed by atoms with E-state index in [9.17, 15) is 8.42 Å². The highest BCUT2D eigenvalue weighted by atomic mass is 32.2. The van der Waals surface area contributed by atoms with E-state index >= 15 is 0 Å². The summed E-state index contributed by atoms with van der Waals surface area (Å²) in [4.78, 5) is 0.396. The van der Waals surface area contributed by atoms with Gasteiger partial charge in [-0.15, -0.1) is 0 Å². The molecule has 0 aromatic heterocycles. The Balaban J connectivity index is 2.22. The standard InChI is InChI=1S/C20H35NO3SSi/c1-15(2)26(16(3)4,17(5)6)24-20-12-13-21-19(20)14-25(22,23)18-10-8-7-9-11-18/h7-11,15-17,19-21H,12-14H2,1-6H3/t19-,20+/m0/s1. The Morgan fingerprint density at radius 1 is 1.04 bits per heavy atom. The average Bonchev–Trinajstić information content (AvgIpc) is 2.98. The van der Waals surface area contributed by atoms with Crippen LogP contribution in [0.5, 0.6) is 0 Å². The largest absolute Gasteiger partial charge is 0.411 e. The first-order chi connectivity index (χ1) is 12.1. The molecule has 2 rings (SSSR count). The summed E-state index contributed by atoms with van der Waals surface area (Å²) in [6.45, 7) is 14.4. The minimum atomic E-state index is -3.32. The quantitative estimate of drug-likeness (QED) is 0.661. The van der Waals surface area contributed by atoms with Crippen LogP contribution in [0.3, 0.4) is 0 Å². The average molecular weight is 398 g/mol. The molecular weight excluding hydrogens is 362 g/mol. The van der Waals surface area contributed by atoms with E-state index in [4.69, 9.17) is 4.43 Å². The summed E-state index contributed by atoms with van der Waals surface area (Å²) in [7, 11) is -5.34. The van der Waals surface area contributed by atoms with Gasteiger partial charge in [-0.1, -0.05) is 59.7 Å². The number of nitrogens with one attached hydrogen (secondary N) is 1. The lowest BCUT2D eigenvalue weighted by molar-refractivity contribution is 0.166. The summed E-state index contributed by atoms with van der Waals surface area (Å²) in [5, 5.41) is 3.39. The lowest BCUT2D eigenvalue weighted by atomic mass is 10.2. The van der Waals surface area contributed by atoms with E-state index < -0.39 is 18.2 Å². The molecule has 0 bridgehead atoms. The van der Waals surface area contributed by atoms with Gasteiger partial charge in [0.15, 0.2) is 9.84 Å². The van der Waals surface area contributed by atoms with Crippen molar-refractivity contribution in [3.8, 4) is 0 Å². The van der Waals surface area contributed by atoms with Gasteiger partial charge in [0.25, 0.3) is 0 Å². The Morgan fingerprint density at radius 3 is 2.08 bits per heavy atom. The van der Waals surface area contributed by atoms with Gasteiger partial charge in [0.1, 0.15) is 0 Å². The molecular formula is C20H35NO3SSi. The maximum atomic E-state index is 12.8. The molecule has 148 valence electrons. The molecule has 0 unspecified atom stereocenters. The fourth-order valence-corrected chi connectivity index (χ4v) is 11.9. The minimum Gasteiger partial charge on any atom is -0.411 e. The molecule has 1 N–H and O–H groups in total. The van der Waals surface area contributed by atoms with Gasteiger partial charge in [-0.25, -0.2) is 8.42 Å². The molecule has 0 amide bonds. The Hall–Kier alpha value is -0.693. The van der Waals surface area contributed by atoms with Crippen LogP contribution in [0.15, 0.2) is 35.2 Å². The van der Waals surface area contributed by atoms with Gasteiger partial charge in [0, 0.05) is 6.04 Å². The zero-order valence-corrected chi connectivity index (χ0v) is 18.8. The van der Waals surface area contributed by atoms with Crippen LogP contribution in [0.2, 0.25) is 16.6 Å². The maximum absolute atomic E-state index is 12.8. The van der Waals surface area contributed by atoms with Crippen LogP contribution < -0.4 is 5.32 Å². The van der Waals surface area contributed by atoms with E-state index in [1.54, 1.807) is 24.3 Å². The SMILES string of the molecule is CC(C)[Si](O[C@@H]1CCN[C@H]1CS(=O)(=O)c1ccccc1)(C(C)C)C(C)C. The van der Waals surface area contributed by atoms with Crippen LogP contribution in [0, 0.1) is 0 Å². The van der Waals surface area contributed by atoms with E-state index in [2.05, 4.69) is 46.9 Å². The van der Waals surface area contributed by atoms with Crippen molar-refractivity contribution in [2.75, 3.05) is 12.3 Å². The van der Waals surface area contributed by atoms with Crippen LogP contribution in [0.1, 0.15) is 48.0 Å². The van der Waals surface area contributed by atoms with Crippen LogP contribution in [-0.2, 0) is 14.3 Å². The van der Waals surface area contributed by atoms with Crippen molar-refractivity contribution in [1.82, 2.24) is 5.32 Å². The summed E-state index contributed by atoms with van der Waals surface area (Å²) in [5.74, 6) is 0.0977. The first-order valence-electron chi connectivity index (χ1n) is 9.80. The second kappa shape index (κ2) is 8.55. The van der Waals surface area contributed by atoms with Crippen molar-refractivity contribution in [2.24, 2.45) is 0 Å². The molecule has 4 nitrogen and oxygen atoms in total. The lowest BCUT2D eigenvalue weighted by Crippen LogP contribution is -2.53. The van der Waals surface area contributed by atoms with E-state index in [1.807, 2.05) is 6.07 Å². The second-order valence-electron chi connectivity index (χ2n) is 8.42. The third kappa shape index (κ3) is 4.41. The number of benzene rings is 1. The summed E-state index contributed by atoms with van der Waals surface area (Å²) in [6, 6.07) is 8.61. The highest BCUT2D eigenvalue weighted by Crippen LogP contribution is 2.44. The number of hydrogen-bond donors (Lipinski definition) is 1. The first-order valence-corrected chi connectivity index (χ1v) is 13.6. The predicted octanol–water partition coefficient (Wildman–Crippen LogP) is 4.38. The van der Waals surface area contributed by atoms with Crippen molar-refractivity contribution in [1.29, 1.82) is 0 Å². The van der Waals surface area contributed by atoms with E-state index in [0.29, 0.717) is 21.5 Å². The second-order valence-corrected chi connectivity index (χ2v) is 15.9. The molecule has 1 aliphatic rings. The third-order valence-electron chi connectivity index (χ3n) is 5.85. The highest BCUT2D eigenvalue weighted by molar-refractivity contribution is 7.91. The molecule has 2 atom stereocenters. The van der Waals surface area contributed by atoms with Crippen molar-refractivity contribution in [3.05, 3.63) is 30.3 Å². The highest BCUT2D eigenvalue weighted by Gasteiger charge is 2.48. The maximum Gasteiger partial charge on any atom is 0.200 e. The van der Waals surface area contributed by atoms with Gasteiger partial charge >= 0.3 is 0 Å². The molecule has 1 heterocycles. The van der Waals surface area contributed by atoms with Gasteiger partial charge in [-0.05, 0) is 41.7 Å². The Kier molecular flexibility index (Phi) is 7.10. The van der Waals surface area contributed by atoms with Gasteiger partial charge < -0.3 is 9.74 Å². The topological polar surface area (TPSA) is 55.4 Å². The summed E-state index contributed by atoms with van der Waals surface area (Å²) in [6.07, 6.45) is 0.864. The number of rotatable bonds is 8. The Bertz CT molecular complexity index is 652. The number of sulfone groups is 1. The van der Waals surface area contributed by atoms with Crippen LogP contribution >= 0.6 is 0 Å². The molecule has 1 aliphatic heterocycles. The van der Waals surface area contributed by atoms with Crippen molar-refractivity contribution in [3.63, 3.8) is 0 Å². The molecule has 1 fully saturated rings. The Labute approximate surface area is 160 Å². The van der Waals surface area contributed by atoms with Crippen LogP contribution in [0.25, 0.3) is 0 Å². The smallest absolute Gasteiger partial charge is 0.200 e. The summed E-state index contributed by atoms with van der Waals surface area (Å²) < 4.78 is 32.5.